The van der Waals surface area contributed by atoms with E-state index in [-0.39, 0.29) is 6.04 Å². The molecule has 3 nitrogen and oxygen atoms in total. The predicted octanol–water partition coefficient (Wildman–Crippen LogP) is 4.07. The van der Waals surface area contributed by atoms with Gasteiger partial charge in [0.1, 0.15) is 11.8 Å². The lowest BCUT2D eigenvalue weighted by atomic mass is 10.1. The number of hydrogen-bond acceptors (Lipinski definition) is 3. The molecule has 0 aliphatic rings. The fraction of sp³-hybridized carbons (Fsp3) is 0.235. The molecule has 2 aromatic rings. The van der Waals surface area contributed by atoms with Crippen LogP contribution in [0.2, 0.25) is 5.02 Å². The van der Waals surface area contributed by atoms with Gasteiger partial charge in [-0.1, -0.05) is 35.9 Å². The second kappa shape index (κ2) is 7.12. The molecule has 0 amide bonds. The molecule has 4 heteroatoms. The molecule has 0 aliphatic carbocycles. The van der Waals surface area contributed by atoms with E-state index in [9.17, 15) is 0 Å². The molecule has 0 bridgehead atoms. The number of hydrogen-bond donors (Lipinski definition) is 1. The maximum Gasteiger partial charge on any atom is 0.136 e. The molecule has 108 valence electrons. The Hall–Kier alpha value is -2.02. The van der Waals surface area contributed by atoms with E-state index in [0.717, 1.165) is 16.1 Å². The van der Waals surface area contributed by atoms with Gasteiger partial charge in [-0.25, -0.2) is 0 Å². The minimum Gasteiger partial charge on any atom is -0.495 e. The lowest BCUT2D eigenvalue weighted by molar-refractivity contribution is 0.413. The first-order valence-corrected chi connectivity index (χ1v) is 7.08. The number of nitrogens with zero attached hydrogens (tertiary/aromatic N) is 1. The average molecular weight is 301 g/mol. The molecule has 0 saturated heterocycles. The van der Waals surface area contributed by atoms with Gasteiger partial charge < -0.3 is 10.1 Å². The summed E-state index contributed by atoms with van der Waals surface area (Å²) in [7, 11) is 1.56. The molecule has 21 heavy (non-hydrogen) atoms. The van der Waals surface area contributed by atoms with E-state index in [2.05, 4.69) is 18.3 Å². The Kier molecular flexibility index (Phi) is 5.21. The number of benzene rings is 2. The monoisotopic (exact) mass is 300 g/mol. The molecule has 0 fully saturated rings. The first kappa shape index (κ1) is 15.4. The van der Waals surface area contributed by atoms with Gasteiger partial charge in [0.25, 0.3) is 0 Å². The topological polar surface area (TPSA) is 45.0 Å². The Morgan fingerprint density at radius 3 is 2.71 bits per heavy atom. The highest BCUT2D eigenvalue weighted by Gasteiger charge is 2.09. The van der Waals surface area contributed by atoms with Crippen molar-refractivity contribution in [2.75, 3.05) is 7.11 Å². The molecule has 2 rings (SSSR count). The first-order valence-electron chi connectivity index (χ1n) is 6.70. The van der Waals surface area contributed by atoms with Crippen molar-refractivity contribution < 1.29 is 4.74 Å². The Labute approximate surface area is 130 Å². The van der Waals surface area contributed by atoms with Gasteiger partial charge in [0, 0.05) is 17.6 Å². The van der Waals surface area contributed by atoms with Crippen molar-refractivity contribution in [2.24, 2.45) is 0 Å². The highest BCUT2D eigenvalue weighted by Crippen LogP contribution is 2.23. The van der Waals surface area contributed by atoms with Crippen molar-refractivity contribution in [3.63, 3.8) is 0 Å². The van der Waals surface area contributed by atoms with Crippen molar-refractivity contribution >= 4 is 11.6 Å². The summed E-state index contributed by atoms with van der Waals surface area (Å²) in [5.41, 5.74) is 2.64. The zero-order valence-electron chi connectivity index (χ0n) is 12.1. The number of methoxy groups -OCH3 is 1. The zero-order chi connectivity index (χ0) is 15.2. The Bertz CT molecular complexity index is 664. The fourth-order valence-corrected chi connectivity index (χ4v) is 2.46. The molecule has 0 heterocycles. The van der Waals surface area contributed by atoms with E-state index in [1.165, 1.54) is 0 Å². The summed E-state index contributed by atoms with van der Waals surface area (Å²) >= 11 is 6.19. The minimum absolute atomic E-state index is 0.131. The third kappa shape index (κ3) is 3.75. The molecule has 1 unspecified atom stereocenters. The summed E-state index contributed by atoms with van der Waals surface area (Å²) in [6.45, 7) is 2.72. The number of ether oxygens (including phenoxy) is 1. The lowest BCUT2D eigenvalue weighted by Crippen LogP contribution is -2.18. The van der Waals surface area contributed by atoms with Crippen LogP contribution in [0, 0.1) is 11.3 Å². The maximum atomic E-state index is 9.10. The summed E-state index contributed by atoms with van der Waals surface area (Å²) in [6.07, 6.45) is 0. The number of halogens is 1. The molecule has 0 saturated carbocycles. The second-order valence-corrected chi connectivity index (χ2v) is 5.18. The molecule has 0 aromatic heterocycles. The van der Waals surface area contributed by atoms with Gasteiger partial charge >= 0.3 is 0 Å². The van der Waals surface area contributed by atoms with Crippen molar-refractivity contribution in [1.29, 1.82) is 5.26 Å². The molecule has 0 radical (unpaired) electrons. The van der Waals surface area contributed by atoms with Crippen molar-refractivity contribution in [1.82, 2.24) is 5.32 Å². The van der Waals surface area contributed by atoms with Crippen LogP contribution in [0.15, 0.2) is 42.5 Å². The highest BCUT2D eigenvalue weighted by atomic mass is 35.5. The number of nitrogens with one attached hydrogen (secondary N) is 1. The second-order valence-electron chi connectivity index (χ2n) is 4.77. The van der Waals surface area contributed by atoms with Crippen LogP contribution in [-0.4, -0.2) is 7.11 Å². The standard InChI is InChI=1S/C17H17ClN2O/c1-12(15-5-3-4-6-16(15)18)20-11-13-7-8-17(21-2)14(9-13)10-19/h3-9,12,20H,11H2,1-2H3. The van der Waals surface area contributed by atoms with Gasteiger partial charge in [-0.3, -0.25) is 0 Å². The molecule has 0 aliphatic heterocycles. The van der Waals surface area contributed by atoms with Crippen LogP contribution in [0.1, 0.15) is 29.7 Å². The maximum absolute atomic E-state index is 9.10. The lowest BCUT2D eigenvalue weighted by Gasteiger charge is -2.16. The van der Waals surface area contributed by atoms with E-state index < -0.39 is 0 Å². The predicted molar refractivity (Wildman–Crippen MR) is 84.4 cm³/mol. The highest BCUT2D eigenvalue weighted by molar-refractivity contribution is 6.31. The largest absolute Gasteiger partial charge is 0.495 e. The third-order valence-electron chi connectivity index (χ3n) is 3.37. The van der Waals surface area contributed by atoms with Crippen LogP contribution in [-0.2, 0) is 6.54 Å². The molecular formula is C17H17ClN2O. The van der Waals surface area contributed by atoms with Crippen LogP contribution in [0.5, 0.6) is 5.75 Å². The molecule has 0 spiro atoms. The summed E-state index contributed by atoms with van der Waals surface area (Å²) in [6, 6.07) is 15.7. The van der Waals surface area contributed by atoms with E-state index in [0.29, 0.717) is 17.9 Å². The molecule has 1 atom stereocenters. The average Bonchev–Trinajstić information content (AvgIpc) is 2.52. The van der Waals surface area contributed by atoms with Gasteiger partial charge in [-0.15, -0.1) is 0 Å². The van der Waals surface area contributed by atoms with Gasteiger partial charge in [-0.2, -0.15) is 5.26 Å². The normalized spacial score (nSPS) is 11.7. The minimum atomic E-state index is 0.131. The van der Waals surface area contributed by atoms with Crippen LogP contribution >= 0.6 is 11.6 Å². The molecule has 1 N–H and O–H groups in total. The van der Waals surface area contributed by atoms with Crippen molar-refractivity contribution in [3.8, 4) is 11.8 Å². The first-order chi connectivity index (χ1) is 10.2. The van der Waals surface area contributed by atoms with Crippen molar-refractivity contribution in [3.05, 3.63) is 64.2 Å². The number of nitriles is 1. The van der Waals surface area contributed by atoms with Crippen LogP contribution < -0.4 is 10.1 Å². The van der Waals surface area contributed by atoms with Gasteiger partial charge in [-0.05, 0) is 36.2 Å². The van der Waals surface area contributed by atoms with E-state index >= 15 is 0 Å². The smallest absolute Gasteiger partial charge is 0.136 e. The Morgan fingerprint density at radius 1 is 1.29 bits per heavy atom. The van der Waals surface area contributed by atoms with Gasteiger partial charge in [0.2, 0.25) is 0 Å². The van der Waals surface area contributed by atoms with Crippen LogP contribution in [0.3, 0.4) is 0 Å². The van der Waals surface area contributed by atoms with E-state index in [1.807, 2.05) is 42.5 Å². The molecule has 2 aromatic carbocycles. The van der Waals surface area contributed by atoms with Crippen LogP contribution in [0.4, 0.5) is 0 Å². The molecular weight excluding hydrogens is 284 g/mol. The summed E-state index contributed by atoms with van der Waals surface area (Å²) < 4.78 is 5.14. The van der Waals surface area contributed by atoms with Crippen LogP contribution in [0.25, 0.3) is 0 Å². The number of rotatable bonds is 5. The Morgan fingerprint density at radius 2 is 2.05 bits per heavy atom. The van der Waals surface area contributed by atoms with Gasteiger partial charge in [0.05, 0.1) is 12.7 Å². The summed E-state index contributed by atoms with van der Waals surface area (Å²) in [4.78, 5) is 0. The quantitative estimate of drug-likeness (QED) is 0.905. The fourth-order valence-electron chi connectivity index (χ4n) is 2.16. The SMILES string of the molecule is COc1ccc(CNC(C)c2ccccc2Cl)cc1C#N. The Balaban J connectivity index is 2.07. The van der Waals surface area contributed by atoms with Crippen molar-refractivity contribution in [2.45, 2.75) is 19.5 Å². The summed E-state index contributed by atoms with van der Waals surface area (Å²) in [5, 5.41) is 13.3. The van der Waals surface area contributed by atoms with Gasteiger partial charge in [0.15, 0.2) is 0 Å². The van der Waals surface area contributed by atoms with E-state index in [4.69, 9.17) is 21.6 Å². The zero-order valence-corrected chi connectivity index (χ0v) is 12.8. The van der Waals surface area contributed by atoms with E-state index in [1.54, 1.807) is 7.11 Å². The summed E-state index contributed by atoms with van der Waals surface area (Å²) in [5.74, 6) is 0.598. The third-order valence-corrected chi connectivity index (χ3v) is 3.71.